The zero-order valence-corrected chi connectivity index (χ0v) is 9.50. The number of aromatic nitrogens is 3. The summed E-state index contributed by atoms with van der Waals surface area (Å²) in [4.78, 5) is 15.4. The lowest BCUT2D eigenvalue weighted by Gasteiger charge is -2.05. The lowest BCUT2D eigenvalue weighted by Crippen LogP contribution is -2.19. The highest BCUT2D eigenvalue weighted by molar-refractivity contribution is 5.90. The van der Waals surface area contributed by atoms with Crippen molar-refractivity contribution in [1.29, 1.82) is 0 Å². The van der Waals surface area contributed by atoms with E-state index in [-0.39, 0.29) is 18.4 Å². The van der Waals surface area contributed by atoms with Crippen LogP contribution in [0.25, 0.3) is 0 Å². The molecule has 0 saturated heterocycles. The van der Waals surface area contributed by atoms with Crippen LogP contribution in [0.5, 0.6) is 0 Å². The summed E-state index contributed by atoms with van der Waals surface area (Å²) < 4.78 is 1.36. The molecule has 0 bridgehead atoms. The minimum Gasteiger partial charge on any atom is -0.367 e. The van der Waals surface area contributed by atoms with Gasteiger partial charge in [0.2, 0.25) is 11.9 Å². The third-order valence-corrected chi connectivity index (χ3v) is 2.17. The number of benzene rings is 1. The summed E-state index contributed by atoms with van der Waals surface area (Å²) in [6.45, 7) is 0.0461. The zero-order valence-electron chi connectivity index (χ0n) is 9.50. The number of amides is 1. The Bertz CT molecular complexity index is 611. The van der Waals surface area contributed by atoms with E-state index in [0.717, 1.165) is 0 Å². The number of hydrogen-bond acceptors (Lipinski definition) is 4. The Morgan fingerprint density at radius 3 is 3.06 bits per heavy atom. The molecule has 1 aromatic carbocycles. The van der Waals surface area contributed by atoms with Gasteiger partial charge < -0.3 is 11.1 Å². The first kappa shape index (κ1) is 11.7. The van der Waals surface area contributed by atoms with Crippen LogP contribution in [0.1, 0.15) is 5.56 Å². The SMILES string of the molecule is C#Cc1cccc(NC(=O)Cn2cnc(N)n2)c1. The van der Waals surface area contributed by atoms with Crippen molar-refractivity contribution < 1.29 is 4.79 Å². The maximum absolute atomic E-state index is 11.7. The highest BCUT2D eigenvalue weighted by atomic mass is 16.2. The molecule has 90 valence electrons. The minimum atomic E-state index is -0.228. The Labute approximate surface area is 104 Å². The van der Waals surface area contributed by atoms with Gasteiger partial charge in [-0.3, -0.25) is 4.79 Å². The van der Waals surface area contributed by atoms with Gasteiger partial charge in [0.05, 0.1) is 0 Å². The second-order valence-corrected chi connectivity index (χ2v) is 3.57. The molecule has 1 amide bonds. The van der Waals surface area contributed by atoms with Crippen molar-refractivity contribution in [3.63, 3.8) is 0 Å². The van der Waals surface area contributed by atoms with Gasteiger partial charge in [0.1, 0.15) is 12.9 Å². The van der Waals surface area contributed by atoms with Crippen LogP contribution in [-0.2, 0) is 11.3 Å². The molecule has 2 aromatic rings. The van der Waals surface area contributed by atoms with E-state index < -0.39 is 0 Å². The Kier molecular flexibility index (Phi) is 3.25. The van der Waals surface area contributed by atoms with Crippen LogP contribution in [0, 0.1) is 12.3 Å². The molecular formula is C12H11N5O. The first-order chi connectivity index (χ1) is 8.67. The second-order valence-electron chi connectivity index (χ2n) is 3.57. The van der Waals surface area contributed by atoms with E-state index in [1.54, 1.807) is 24.3 Å². The molecule has 0 unspecified atom stereocenters. The predicted octanol–water partition coefficient (Wildman–Crippen LogP) is 0.480. The number of anilines is 2. The molecule has 6 heteroatoms. The molecular weight excluding hydrogens is 230 g/mol. The monoisotopic (exact) mass is 241 g/mol. The minimum absolute atomic E-state index is 0.0461. The molecule has 3 N–H and O–H groups in total. The van der Waals surface area contributed by atoms with E-state index in [1.807, 2.05) is 0 Å². The number of hydrogen-bond donors (Lipinski definition) is 2. The highest BCUT2D eigenvalue weighted by Crippen LogP contribution is 2.09. The first-order valence-corrected chi connectivity index (χ1v) is 5.19. The van der Waals surface area contributed by atoms with Crippen LogP contribution in [0.3, 0.4) is 0 Å². The summed E-state index contributed by atoms with van der Waals surface area (Å²) in [6, 6.07) is 7.04. The molecule has 0 aliphatic rings. The normalized spacial score (nSPS) is 9.72. The van der Waals surface area contributed by atoms with Crippen molar-refractivity contribution >= 4 is 17.5 Å². The van der Waals surface area contributed by atoms with E-state index in [9.17, 15) is 4.79 Å². The number of nitrogens with zero attached hydrogens (tertiary/aromatic N) is 3. The number of rotatable bonds is 3. The van der Waals surface area contributed by atoms with E-state index in [4.69, 9.17) is 12.2 Å². The first-order valence-electron chi connectivity index (χ1n) is 5.19. The maximum atomic E-state index is 11.7. The summed E-state index contributed by atoms with van der Waals surface area (Å²) in [7, 11) is 0. The molecule has 1 aromatic heterocycles. The Morgan fingerprint density at radius 1 is 1.56 bits per heavy atom. The number of nitrogens with two attached hydrogens (primary N) is 1. The van der Waals surface area contributed by atoms with Crippen LogP contribution in [0.15, 0.2) is 30.6 Å². The number of carbonyl (C=O) groups excluding carboxylic acids is 1. The number of nitrogens with one attached hydrogen (secondary N) is 1. The van der Waals surface area contributed by atoms with E-state index in [0.29, 0.717) is 11.3 Å². The average molecular weight is 241 g/mol. The molecule has 18 heavy (non-hydrogen) atoms. The lowest BCUT2D eigenvalue weighted by molar-refractivity contribution is -0.116. The Hall–Kier alpha value is -2.81. The standard InChI is InChI=1S/C12H11N5O/c1-2-9-4-3-5-10(6-9)15-11(18)7-17-8-14-12(13)16-17/h1,3-6,8H,7H2,(H2,13,16)(H,15,18). The van der Waals surface area contributed by atoms with Gasteiger partial charge in [0.15, 0.2) is 0 Å². The van der Waals surface area contributed by atoms with Crippen LogP contribution in [0.4, 0.5) is 11.6 Å². The van der Waals surface area contributed by atoms with Gasteiger partial charge >= 0.3 is 0 Å². The van der Waals surface area contributed by atoms with Crippen molar-refractivity contribution in [3.8, 4) is 12.3 Å². The van der Waals surface area contributed by atoms with Gasteiger partial charge in [-0.25, -0.2) is 9.67 Å². The molecule has 1 heterocycles. The number of nitrogen functional groups attached to an aromatic ring is 1. The van der Waals surface area contributed by atoms with Gasteiger partial charge in [-0.15, -0.1) is 11.5 Å². The smallest absolute Gasteiger partial charge is 0.246 e. The fourth-order valence-electron chi connectivity index (χ4n) is 1.42. The topological polar surface area (TPSA) is 85.8 Å². The van der Waals surface area contributed by atoms with Crippen LogP contribution >= 0.6 is 0 Å². The molecule has 0 aliphatic heterocycles. The number of carbonyl (C=O) groups is 1. The molecule has 0 fully saturated rings. The molecule has 0 spiro atoms. The summed E-state index contributed by atoms with van der Waals surface area (Å²) in [5.74, 6) is 2.41. The fourth-order valence-corrected chi connectivity index (χ4v) is 1.42. The quantitative estimate of drug-likeness (QED) is 0.765. The van der Waals surface area contributed by atoms with Crippen LogP contribution < -0.4 is 11.1 Å². The van der Waals surface area contributed by atoms with Gasteiger partial charge in [0.25, 0.3) is 0 Å². The molecule has 6 nitrogen and oxygen atoms in total. The zero-order chi connectivity index (χ0) is 13.0. The van der Waals surface area contributed by atoms with Gasteiger partial charge in [0, 0.05) is 11.3 Å². The van der Waals surface area contributed by atoms with E-state index in [2.05, 4.69) is 21.3 Å². The highest BCUT2D eigenvalue weighted by Gasteiger charge is 2.05. The summed E-state index contributed by atoms with van der Waals surface area (Å²) in [5, 5.41) is 6.53. The molecule has 0 saturated carbocycles. The largest absolute Gasteiger partial charge is 0.367 e. The van der Waals surface area contributed by atoms with E-state index in [1.165, 1.54) is 11.0 Å². The van der Waals surface area contributed by atoms with Crippen molar-refractivity contribution in [3.05, 3.63) is 36.2 Å². The molecule has 2 rings (SSSR count). The van der Waals surface area contributed by atoms with Gasteiger partial charge in [-0.1, -0.05) is 12.0 Å². The van der Waals surface area contributed by atoms with Crippen molar-refractivity contribution in [2.24, 2.45) is 0 Å². The summed E-state index contributed by atoms with van der Waals surface area (Å²) in [6.07, 6.45) is 6.67. The van der Waals surface area contributed by atoms with Crippen molar-refractivity contribution in [1.82, 2.24) is 14.8 Å². The Balaban J connectivity index is 2.01. The van der Waals surface area contributed by atoms with Crippen molar-refractivity contribution in [2.75, 3.05) is 11.1 Å². The maximum Gasteiger partial charge on any atom is 0.246 e. The third-order valence-electron chi connectivity index (χ3n) is 2.17. The predicted molar refractivity (Wildman–Crippen MR) is 67.4 cm³/mol. The third kappa shape index (κ3) is 2.86. The lowest BCUT2D eigenvalue weighted by atomic mass is 10.2. The summed E-state index contributed by atoms with van der Waals surface area (Å²) >= 11 is 0. The van der Waals surface area contributed by atoms with Crippen LogP contribution in [-0.4, -0.2) is 20.7 Å². The number of terminal acetylenes is 1. The average Bonchev–Trinajstić information content (AvgIpc) is 2.74. The fraction of sp³-hybridized carbons (Fsp3) is 0.0833. The van der Waals surface area contributed by atoms with Crippen molar-refractivity contribution in [2.45, 2.75) is 6.54 Å². The summed E-state index contributed by atoms with van der Waals surface area (Å²) in [5.41, 5.74) is 6.70. The van der Waals surface area contributed by atoms with Crippen LogP contribution in [0.2, 0.25) is 0 Å². The molecule has 0 atom stereocenters. The second kappa shape index (κ2) is 5.01. The molecule has 0 radical (unpaired) electrons. The van der Waals surface area contributed by atoms with E-state index >= 15 is 0 Å². The Morgan fingerprint density at radius 2 is 2.39 bits per heavy atom. The van der Waals surface area contributed by atoms with Gasteiger partial charge in [-0.2, -0.15) is 0 Å². The molecule has 0 aliphatic carbocycles. The van der Waals surface area contributed by atoms with Gasteiger partial charge in [-0.05, 0) is 18.2 Å².